The van der Waals surface area contributed by atoms with Crippen LogP contribution in [0.4, 0.5) is 4.39 Å². The minimum Gasteiger partial charge on any atom is -0.312 e. The van der Waals surface area contributed by atoms with Crippen molar-refractivity contribution in [2.75, 3.05) is 6.54 Å². The van der Waals surface area contributed by atoms with Gasteiger partial charge in [0.25, 0.3) is 0 Å². The molecule has 0 fully saturated rings. The van der Waals surface area contributed by atoms with Crippen molar-refractivity contribution in [1.29, 1.82) is 0 Å². The van der Waals surface area contributed by atoms with E-state index in [1.807, 2.05) is 0 Å². The Morgan fingerprint density at radius 1 is 1.40 bits per heavy atom. The van der Waals surface area contributed by atoms with Crippen molar-refractivity contribution < 1.29 is 4.39 Å². The normalized spacial score (nSPS) is 11.3. The van der Waals surface area contributed by atoms with Gasteiger partial charge >= 0.3 is 0 Å². The molecule has 0 aliphatic heterocycles. The van der Waals surface area contributed by atoms with E-state index < -0.39 is 0 Å². The van der Waals surface area contributed by atoms with E-state index in [4.69, 9.17) is 4.98 Å². The first-order chi connectivity index (χ1) is 9.52. The van der Waals surface area contributed by atoms with Gasteiger partial charge in [-0.3, -0.25) is 0 Å². The van der Waals surface area contributed by atoms with Crippen LogP contribution in [0.25, 0.3) is 10.6 Å². The Balaban J connectivity index is 2.41. The highest BCUT2D eigenvalue weighted by Crippen LogP contribution is 2.35. The molecule has 2 nitrogen and oxygen atoms in total. The number of nitrogens with one attached hydrogen (secondary N) is 1. The smallest absolute Gasteiger partial charge is 0.125 e. The highest BCUT2D eigenvalue weighted by molar-refractivity contribution is 9.10. The van der Waals surface area contributed by atoms with Gasteiger partial charge in [0.2, 0.25) is 0 Å². The van der Waals surface area contributed by atoms with Crippen molar-refractivity contribution in [3.63, 3.8) is 0 Å². The molecule has 108 valence electrons. The van der Waals surface area contributed by atoms with Gasteiger partial charge in [-0.1, -0.05) is 20.8 Å². The average molecular weight is 357 g/mol. The standard InChI is InChI=1S/C15H18BrFN2S/c1-4-18-8-13-14(9(2)3)19-15(20-13)11-6-5-10(17)7-12(11)16/h5-7,9,18H,4,8H2,1-3H3. The van der Waals surface area contributed by atoms with Gasteiger partial charge in [-0.2, -0.15) is 0 Å². The Morgan fingerprint density at radius 3 is 2.75 bits per heavy atom. The molecule has 5 heteroatoms. The molecule has 2 aromatic rings. The second-order valence-corrected chi connectivity index (χ2v) is 6.82. The molecule has 0 radical (unpaired) electrons. The molecule has 0 bridgehead atoms. The Bertz CT molecular complexity index is 596. The summed E-state index contributed by atoms with van der Waals surface area (Å²) in [5, 5.41) is 4.29. The van der Waals surface area contributed by atoms with E-state index in [1.165, 1.54) is 17.0 Å². The quantitative estimate of drug-likeness (QED) is 0.820. The van der Waals surface area contributed by atoms with Crippen molar-refractivity contribution in [2.45, 2.75) is 33.2 Å². The molecule has 0 unspecified atom stereocenters. The molecule has 0 aliphatic carbocycles. The number of aromatic nitrogens is 1. The summed E-state index contributed by atoms with van der Waals surface area (Å²) in [6.07, 6.45) is 0. The lowest BCUT2D eigenvalue weighted by molar-refractivity contribution is 0.627. The number of halogens is 2. The van der Waals surface area contributed by atoms with E-state index in [-0.39, 0.29) is 5.82 Å². The second kappa shape index (κ2) is 6.78. The van der Waals surface area contributed by atoms with Crippen molar-refractivity contribution >= 4 is 27.3 Å². The second-order valence-electron chi connectivity index (χ2n) is 4.89. The molecule has 1 aromatic carbocycles. The number of hydrogen-bond acceptors (Lipinski definition) is 3. The van der Waals surface area contributed by atoms with Crippen LogP contribution < -0.4 is 5.32 Å². The Kier molecular flexibility index (Phi) is 5.29. The van der Waals surface area contributed by atoms with Crippen LogP contribution in [0.1, 0.15) is 37.3 Å². The van der Waals surface area contributed by atoms with Gasteiger partial charge in [0, 0.05) is 21.5 Å². The van der Waals surface area contributed by atoms with E-state index >= 15 is 0 Å². The lowest BCUT2D eigenvalue weighted by Crippen LogP contribution is -2.12. The number of hydrogen-bond donors (Lipinski definition) is 1. The van der Waals surface area contributed by atoms with Crippen molar-refractivity contribution in [1.82, 2.24) is 10.3 Å². The van der Waals surface area contributed by atoms with Gasteiger partial charge in [0.05, 0.1) is 5.69 Å². The number of thiazole rings is 1. The highest BCUT2D eigenvalue weighted by atomic mass is 79.9. The minimum atomic E-state index is -0.242. The van der Waals surface area contributed by atoms with E-state index in [2.05, 4.69) is 42.0 Å². The van der Waals surface area contributed by atoms with Crippen LogP contribution in [0, 0.1) is 5.82 Å². The molecule has 0 atom stereocenters. The maximum absolute atomic E-state index is 13.2. The number of benzene rings is 1. The summed E-state index contributed by atoms with van der Waals surface area (Å²) < 4.78 is 13.9. The van der Waals surface area contributed by atoms with Gasteiger partial charge in [0.1, 0.15) is 10.8 Å². The van der Waals surface area contributed by atoms with E-state index in [0.29, 0.717) is 5.92 Å². The van der Waals surface area contributed by atoms with Crippen LogP contribution in [0.5, 0.6) is 0 Å². The average Bonchev–Trinajstić information content (AvgIpc) is 2.80. The monoisotopic (exact) mass is 356 g/mol. The molecule has 1 aromatic heterocycles. The van der Waals surface area contributed by atoms with Gasteiger partial charge < -0.3 is 5.32 Å². The molecule has 20 heavy (non-hydrogen) atoms. The predicted molar refractivity (Wildman–Crippen MR) is 86.7 cm³/mol. The van der Waals surface area contributed by atoms with Gasteiger partial charge in [0.15, 0.2) is 0 Å². The van der Waals surface area contributed by atoms with Crippen LogP contribution in [-0.2, 0) is 6.54 Å². The van der Waals surface area contributed by atoms with Crippen molar-refractivity contribution in [3.05, 3.63) is 39.1 Å². The third kappa shape index (κ3) is 3.45. The molecule has 0 saturated heterocycles. The zero-order valence-electron chi connectivity index (χ0n) is 11.8. The van der Waals surface area contributed by atoms with E-state index in [1.54, 1.807) is 17.4 Å². The third-order valence-electron chi connectivity index (χ3n) is 2.97. The summed E-state index contributed by atoms with van der Waals surface area (Å²) >= 11 is 5.09. The Labute approximate surface area is 131 Å². The molecular formula is C15H18BrFN2S. The summed E-state index contributed by atoms with van der Waals surface area (Å²) in [4.78, 5) is 6.01. The summed E-state index contributed by atoms with van der Waals surface area (Å²) in [6, 6.07) is 4.73. The topological polar surface area (TPSA) is 24.9 Å². The molecule has 0 aliphatic rings. The first kappa shape index (κ1) is 15.6. The Hall–Kier alpha value is -0.780. The summed E-state index contributed by atoms with van der Waals surface area (Å²) in [6.45, 7) is 8.15. The van der Waals surface area contributed by atoms with E-state index in [0.717, 1.165) is 33.8 Å². The van der Waals surface area contributed by atoms with Crippen LogP contribution in [0.3, 0.4) is 0 Å². The molecule has 0 saturated carbocycles. The van der Waals surface area contributed by atoms with E-state index in [9.17, 15) is 4.39 Å². The lowest BCUT2D eigenvalue weighted by atomic mass is 10.1. The summed E-state index contributed by atoms with van der Waals surface area (Å²) in [7, 11) is 0. The molecule has 1 heterocycles. The van der Waals surface area contributed by atoms with Crippen molar-refractivity contribution in [3.8, 4) is 10.6 Å². The fraction of sp³-hybridized carbons (Fsp3) is 0.400. The van der Waals surface area contributed by atoms with Crippen LogP contribution in [0.2, 0.25) is 0 Å². The molecule has 2 rings (SSSR count). The van der Waals surface area contributed by atoms with Gasteiger partial charge in [-0.25, -0.2) is 9.37 Å². The zero-order valence-corrected chi connectivity index (χ0v) is 14.2. The SMILES string of the molecule is CCNCc1sc(-c2ccc(F)cc2Br)nc1C(C)C. The summed E-state index contributed by atoms with van der Waals surface area (Å²) in [5.41, 5.74) is 2.07. The number of rotatable bonds is 5. The maximum atomic E-state index is 13.2. The van der Waals surface area contributed by atoms with Crippen LogP contribution in [-0.4, -0.2) is 11.5 Å². The fourth-order valence-corrected chi connectivity index (χ4v) is 3.85. The molecule has 0 spiro atoms. The largest absolute Gasteiger partial charge is 0.312 e. The molecule has 0 amide bonds. The first-order valence-electron chi connectivity index (χ1n) is 6.68. The number of nitrogens with zero attached hydrogens (tertiary/aromatic N) is 1. The molecule has 1 N–H and O–H groups in total. The summed E-state index contributed by atoms with van der Waals surface area (Å²) in [5.74, 6) is 0.141. The zero-order chi connectivity index (χ0) is 14.7. The highest BCUT2D eigenvalue weighted by Gasteiger charge is 2.16. The fourth-order valence-electron chi connectivity index (χ4n) is 1.96. The van der Waals surface area contributed by atoms with Crippen LogP contribution >= 0.6 is 27.3 Å². The molecular weight excluding hydrogens is 339 g/mol. The van der Waals surface area contributed by atoms with Crippen LogP contribution in [0.15, 0.2) is 22.7 Å². The van der Waals surface area contributed by atoms with Gasteiger partial charge in [-0.05, 0) is 46.6 Å². The van der Waals surface area contributed by atoms with Crippen molar-refractivity contribution in [2.24, 2.45) is 0 Å². The maximum Gasteiger partial charge on any atom is 0.125 e. The minimum absolute atomic E-state index is 0.242. The first-order valence-corrected chi connectivity index (χ1v) is 8.29. The van der Waals surface area contributed by atoms with Gasteiger partial charge in [-0.15, -0.1) is 11.3 Å². The predicted octanol–water partition coefficient (Wildman–Crippen LogP) is 4.94. The Morgan fingerprint density at radius 2 is 2.15 bits per heavy atom. The third-order valence-corrected chi connectivity index (χ3v) is 4.73. The lowest BCUT2D eigenvalue weighted by Gasteiger charge is -2.04.